The predicted molar refractivity (Wildman–Crippen MR) is 98.5 cm³/mol. The van der Waals surface area contributed by atoms with Gasteiger partial charge in [0.2, 0.25) is 0 Å². The summed E-state index contributed by atoms with van der Waals surface area (Å²) >= 11 is 0. The van der Waals surface area contributed by atoms with Crippen LogP contribution in [0.1, 0.15) is 49.0 Å². The molecule has 1 heterocycles. The number of rotatable bonds is 3. The molecule has 140 valence electrons. The third kappa shape index (κ3) is 2.87. The van der Waals surface area contributed by atoms with Crippen LogP contribution in [0.25, 0.3) is 0 Å². The standard InChI is InChI=1S/C20H27N3O3/c1-13-6-5-7-14(2)20(13)18(25)23(19(26)21-20)12-15-8-10-16(11-9-15)17(24)22(3)4/h8-11,13-14H,5-7,12H2,1-4H3,(H,21,26). The first-order valence-corrected chi connectivity index (χ1v) is 9.22. The number of carbonyl (C=O) groups is 3. The lowest BCUT2D eigenvalue weighted by Gasteiger charge is -2.42. The lowest BCUT2D eigenvalue weighted by molar-refractivity contribution is -0.136. The van der Waals surface area contributed by atoms with Crippen LogP contribution in [-0.2, 0) is 11.3 Å². The molecule has 1 aliphatic carbocycles. The van der Waals surface area contributed by atoms with Gasteiger partial charge in [0.1, 0.15) is 5.54 Å². The first-order chi connectivity index (χ1) is 12.3. The van der Waals surface area contributed by atoms with E-state index in [1.54, 1.807) is 38.4 Å². The van der Waals surface area contributed by atoms with Gasteiger partial charge in [-0.05, 0) is 42.4 Å². The van der Waals surface area contributed by atoms with E-state index in [1.807, 2.05) is 0 Å². The van der Waals surface area contributed by atoms with Gasteiger partial charge in [-0.25, -0.2) is 4.79 Å². The molecule has 1 saturated heterocycles. The van der Waals surface area contributed by atoms with Crippen molar-refractivity contribution >= 4 is 17.8 Å². The lowest BCUT2D eigenvalue weighted by Crippen LogP contribution is -2.58. The molecule has 1 spiro atoms. The maximum atomic E-state index is 13.2. The zero-order chi connectivity index (χ0) is 19.1. The van der Waals surface area contributed by atoms with Crippen LogP contribution in [0.4, 0.5) is 4.79 Å². The van der Waals surface area contributed by atoms with E-state index in [0.29, 0.717) is 5.56 Å². The Kier molecular flexibility index (Phi) is 4.78. The molecule has 0 bridgehead atoms. The Labute approximate surface area is 154 Å². The molecule has 2 fully saturated rings. The van der Waals surface area contributed by atoms with Crippen molar-refractivity contribution in [1.82, 2.24) is 15.1 Å². The number of amides is 4. The van der Waals surface area contributed by atoms with Crippen molar-refractivity contribution in [2.75, 3.05) is 14.1 Å². The van der Waals surface area contributed by atoms with Crippen molar-refractivity contribution in [1.29, 1.82) is 0 Å². The van der Waals surface area contributed by atoms with Crippen molar-refractivity contribution in [2.24, 2.45) is 11.8 Å². The van der Waals surface area contributed by atoms with E-state index in [1.165, 1.54) is 9.80 Å². The zero-order valence-corrected chi connectivity index (χ0v) is 15.9. The van der Waals surface area contributed by atoms with E-state index < -0.39 is 5.54 Å². The average Bonchev–Trinajstić information content (AvgIpc) is 2.85. The third-order valence-corrected chi connectivity index (χ3v) is 5.93. The van der Waals surface area contributed by atoms with Crippen LogP contribution in [0.5, 0.6) is 0 Å². The van der Waals surface area contributed by atoms with Gasteiger partial charge in [0.25, 0.3) is 11.8 Å². The Balaban J connectivity index is 1.79. The Hall–Kier alpha value is -2.37. The van der Waals surface area contributed by atoms with Crippen LogP contribution in [0.15, 0.2) is 24.3 Å². The number of nitrogens with one attached hydrogen (secondary N) is 1. The highest BCUT2D eigenvalue weighted by Gasteiger charge is 2.58. The molecule has 1 aliphatic heterocycles. The molecular weight excluding hydrogens is 330 g/mol. The second kappa shape index (κ2) is 6.74. The molecule has 2 atom stereocenters. The minimum atomic E-state index is -0.768. The van der Waals surface area contributed by atoms with Gasteiger partial charge in [0, 0.05) is 19.7 Å². The molecule has 2 aliphatic rings. The second-order valence-corrected chi connectivity index (χ2v) is 7.82. The van der Waals surface area contributed by atoms with Gasteiger partial charge in [-0.2, -0.15) is 0 Å². The number of benzene rings is 1. The molecule has 26 heavy (non-hydrogen) atoms. The molecular formula is C20H27N3O3. The summed E-state index contributed by atoms with van der Waals surface area (Å²) in [5.74, 6) is 0.0755. The summed E-state index contributed by atoms with van der Waals surface area (Å²) in [5, 5.41) is 3.01. The SMILES string of the molecule is CC1CCCC(C)C12NC(=O)N(Cc1ccc(C(=O)N(C)C)cc1)C2=O. The second-order valence-electron chi connectivity index (χ2n) is 7.82. The highest BCUT2D eigenvalue weighted by Crippen LogP contribution is 2.42. The fourth-order valence-electron chi connectivity index (χ4n) is 4.29. The fraction of sp³-hybridized carbons (Fsp3) is 0.550. The number of hydrogen-bond donors (Lipinski definition) is 1. The van der Waals surface area contributed by atoms with Crippen LogP contribution in [0, 0.1) is 11.8 Å². The van der Waals surface area contributed by atoms with Gasteiger partial charge in [-0.1, -0.05) is 32.4 Å². The molecule has 4 amide bonds. The molecule has 1 aromatic rings. The Morgan fingerprint density at radius 1 is 1.15 bits per heavy atom. The molecule has 6 nitrogen and oxygen atoms in total. The first-order valence-electron chi connectivity index (χ1n) is 9.22. The maximum absolute atomic E-state index is 13.2. The van der Waals surface area contributed by atoms with Gasteiger partial charge in [0.15, 0.2) is 0 Å². The first kappa shape index (κ1) is 18.4. The van der Waals surface area contributed by atoms with E-state index in [2.05, 4.69) is 19.2 Å². The van der Waals surface area contributed by atoms with Gasteiger partial charge < -0.3 is 10.2 Å². The van der Waals surface area contributed by atoms with E-state index in [-0.39, 0.29) is 36.2 Å². The maximum Gasteiger partial charge on any atom is 0.325 e. The molecule has 0 aromatic heterocycles. The van der Waals surface area contributed by atoms with E-state index in [9.17, 15) is 14.4 Å². The van der Waals surface area contributed by atoms with Gasteiger partial charge in [-0.15, -0.1) is 0 Å². The summed E-state index contributed by atoms with van der Waals surface area (Å²) in [6.07, 6.45) is 2.99. The minimum absolute atomic E-state index is 0.0737. The molecule has 1 N–H and O–H groups in total. The van der Waals surface area contributed by atoms with Crippen LogP contribution in [0.2, 0.25) is 0 Å². The van der Waals surface area contributed by atoms with Gasteiger partial charge in [-0.3, -0.25) is 14.5 Å². The van der Waals surface area contributed by atoms with E-state index in [0.717, 1.165) is 24.8 Å². The van der Waals surface area contributed by atoms with Crippen LogP contribution < -0.4 is 5.32 Å². The summed E-state index contributed by atoms with van der Waals surface area (Å²) in [5.41, 5.74) is 0.648. The number of hydrogen-bond acceptors (Lipinski definition) is 3. The fourth-order valence-corrected chi connectivity index (χ4v) is 4.29. The average molecular weight is 357 g/mol. The molecule has 6 heteroatoms. The monoisotopic (exact) mass is 357 g/mol. The minimum Gasteiger partial charge on any atom is -0.345 e. The van der Waals surface area contributed by atoms with Crippen LogP contribution in [-0.4, -0.2) is 47.3 Å². The molecule has 1 aromatic carbocycles. The number of nitrogens with zero attached hydrogens (tertiary/aromatic N) is 2. The van der Waals surface area contributed by atoms with Crippen molar-refractivity contribution in [3.8, 4) is 0 Å². The van der Waals surface area contributed by atoms with Crippen molar-refractivity contribution in [3.05, 3.63) is 35.4 Å². The number of urea groups is 1. The van der Waals surface area contributed by atoms with E-state index in [4.69, 9.17) is 0 Å². The predicted octanol–water partition coefficient (Wildman–Crippen LogP) is 2.64. The molecule has 2 unspecified atom stereocenters. The normalized spacial score (nSPS) is 28.4. The quantitative estimate of drug-likeness (QED) is 0.846. The van der Waals surface area contributed by atoms with Crippen LogP contribution in [0.3, 0.4) is 0 Å². The van der Waals surface area contributed by atoms with E-state index >= 15 is 0 Å². The number of imide groups is 1. The third-order valence-electron chi connectivity index (χ3n) is 5.93. The number of carbonyl (C=O) groups excluding carboxylic acids is 3. The highest BCUT2D eigenvalue weighted by atomic mass is 16.2. The Bertz CT molecular complexity index is 716. The van der Waals surface area contributed by atoms with Crippen molar-refractivity contribution < 1.29 is 14.4 Å². The summed E-state index contributed by atoms with van der Waals surface area (Å²) in [4.78, 5) is 40.5. The highest BCUT2D eigenvalue weighted by molar-refractivity contribution is 6.07. The van der Waals surface area contributed by atoms with Gasteiger partial charge in [0.05, 0.1) is 6.54 Å². The lowest BCUT2D eigenvalue weighted by atomic mass is 9.67. The molecule has 3 rings (SSSR count). The topological polar surface area (TPSA) is 69.7 Å². The van der Waals surface area contributed by atoms with Crippen molar-refractivity contribution in [2.45, 2.75) is 45.2 Å². The summed E-state index contributed by atoms with van der Waals surface area (Å²) in [6.45, 7) is 4.33. The summed E-state index contributed by atoms with van der Waals surface area (Å²) in [7, 11) is 3.41. The molecule has 0 radical (unpaired) electrons. The zero-order valence-electron chi connectivity index (χ0n) is 15.9. The Morgan fingerprint density at radius 2 is 1.73 bits per heavy atom. The van der Waals surface area contributed by atoms with Crippen LogP contribution >= 0.6 is 0 Å². The Morgan fingerprint density at radius 3 is 2.27 bits per heavy atom. The summed E-state index contributed by atoms with van der Waals surface area (Å²) in [6, 6.07) is 6.76. The molecule has 1 saturated carbocycles. The smallest absolute Gasteiger partial charge is 0.325 e. The largest absolute Gasteiger partial charge is 0.345 e. The van der Waals surface area contributed by atoms with Gasteiger partial charge >= 0.3 is 6.03 Å². The van der Waals surface area contributed by atoms with Crippen molar-refractivity contribution in [3.63, 3.8) is 0 Å². The summed E-state index contributed by atoms with van der Waals surface area (Å²) < 4.78 is 0.